The molecule has 1 aliphatic carbocycles. The molecule has 0 radical (unpaired) electrons. The number of ether oxygens (including phenoxy) is 2. The lowest BCUT2D eigenvalue weighted by Gasteiger charge is -2.46. The van der Waals surface area contributed by atoms with Crippen molar-refractivity contribution in [3.05, 3.63) is 23.8 Å². The number of allylic oxidation sites excluding steroid dienone is 2. The Balaban J connectivity index is 1.65. The molecule has 2 fully saturated rings. The van der Waals surface area contributed by atoms with Crippen LogP contribution in [-0.4, -0.2) is 74.4 Å². The molecular formula is C23H36N2O5. The smallest absolute Gasteiger partial charge is 0.311 e. The van der Waals surface area contributed by atoms with Crippen molar-refractivity contribution >= 4 is 11.9 Å². The summed E-state index contributed by atoms with van der Waals surface area (Å²) < 4.78 is 10.1. The Morgan fingerprint density at radius 2 is 2.00 bits per heavy atom. The lowest BCUT2D eigenvalue weighted by molar-refractivity contribution is -0.226. The Bertz CT molecular complexity index is 681. The van der Waals surface area contributed by atoms with Gasteiger partial charge >= 0.3 is 5.97 Å². The Labute approximate surface area is 180 Å². The van der Waals surface area contributed by atoms with Gasteiger partial charge in [0, 0.05) is 33.2 Å². The van der Waals surface area contributed by atoms with Crippen LogP contribution in [0.1, 0.15) is 45.4 Å². The average molecular weight is 421 g/mol. The van der Waals surface area contributed by atoms with Gasteiger partial charge in [-0.25, -0.2) is 5.06 Å². The molecule has 7 nitrogen and oxygen atoms in total. The molecule has 1 amide bonds. The van der Waals surface area contributed by atoms with E-state index in [4.69, 9.17) is 14.3 Å². The van der Waals surface area contributed by atoms with Crippen LogP contribution in [0, 0.1) is 11.8 Å². The van der Waals surface area contributed by atoms with E-state index < -0.39 is 11.5 Å². The molecule has 0 bridgehead atoms. The number of hydrogen-bond acceptors (Lipinski definition) is 6. The average Bonchev–Trinajstić information content (AvgIpc) is 3.01. The van der Waals surface area contributed by atoms with Gasteiger partial charge in [-0.2, -0.15) is 0 Å². The van der Waals surface area contributed by atoms with Gasteiger partial charge in [0.1, 0.15) is 0 Å². The predicted octanol–water partition coefficient (Wildman–Crippen LogP) is 2.72. The summed E-state index contributed by atoms with van der Waals surface area (Å²) in [6.07, 6.45) is 7.31. The van der Waals surface area contributed by atoms with Crippen molar-refractivity contribution in [1.29, 1.82) is 0 Å². The number of hydrogen-bond donors (Lipinski definition) is 0. The number of carbonyl (C=O) groups is 2. The number of amides is 1. The van der Waals surface area contributed by atoms with Crippen molar-refractivity contribution in [2.75, 3.05) is 47.1 Å². The fourth-order valence-corrected chi connectivity index (χ4v) is 5.11. The monoisotopic (exact) mass is 420 g/mol. The highest BCUT2D eigenvalue weighted by molar-refractivity contribution is 5.88. The summed E-state index contributed by atoms with van der Waals surface area (Å²) in [5.74, 6) is -0.336. The molecule has 0 aromatic carbocycles. The van der Waals surface area contributed by atoms with Crippen molar-refractivity contribution < 1.29 is 23.9 Å². The van der Waals surface area contributed by atoms with Gasteiger partial charge in [-0.15, -0.1) is 0 Å². The molecule has 30 heavy (non-hydrogen) atoms. The lowest BCUT2D eigenvalue weighted by Crippen LogP contribution is -2.57. The number of carbonyl (C=O) groups excluding carboxylic acids is 2. The minimum absolute atomic E-state index is 0.143. The summed E-state index contributed by atoms with van der Waals surface area (Å²) in [5, 5.41) is 1.47. The van der Waals surface area contributed by atoms with Crippen LogP contribution in [0.4, 0.5) is 0 Å². The predicted molar refractivity (Wildman–Crippen MR) is 113 cm³/mol. The Morgan fingerprint density at radius 3 is 2.57 bits per heavy atom. The van der Waals surface area contributed by atoms with Crippen LogP contribution in [0.15, 0.2) is 23.8 Å². The quantitative estimate of drug-likeness (QED) is 0.342. The van der Waals surface area contributed by atoms with E-state index in [0.717, 1.165) is 32.5 Å². The zero-order valence-electron chi connectivity index (χ0n) is 18.7. The van der Waals surface area contributed by atoms with E-state index >= 15 is 0 Å². The highest BCUT2D eigenvalue weighted by Crippen LogP contribution is 2.44. The summed E-state index contributed by atoms with van der Waals surface area (Å²) in [4.78, 5) is 33.4. The maximum Gasteiger partial charge on any atom is 0.311 e. The molecule has 2 heterocycles. The number of hydroxylamine groups is 2. The van der Waals surface area contributed by atoms with E-state index in [2.05, 4.69) is 24.5 Å². The van der Waals surface area contributed by atoms with Crippen LogP contribution >= 0.6 is 0 Å². The van der Waals surface area contributed by atoms with Gasteiger partial charge in [-0.3, -0.25) is 19.3 Å². The lowest BCUT2D eigenvalue weighted by atomic mass is 9.77. The third-order valence-corrected chi connectivity index (χ3v) is 7.00. The van der Waals surface area contributed by atoms with Gasteiger partial charge in [-0.05, 0) is 44.9 Å². The molecule has 168 valence electrons. The van der Waals surface area contributed by atoms with E-state index in [1.807, 2.05) is 0 Å². The first-order chi connectivity index (χ1) is 14.4. The first kappa shape index (κ1) is 23.0. The third-order valence-electron chi connectivity index (χ3n) is 7.00. The Hall–Kier alpha value is -1.70. The van der Waals surface area contributed by atoms with Crippen molar-refractivity contribution in [3.8, 4) is 0 Å². The molecule has 3 rings (SSSR count). The number of rotatable bonds is 8. The van der Waals surface area contributed by atoms with Crippen LogP contribution < -0.4 is 0 Å². The van der Waals surface area contributed by atoms with Gasteiger partial charge in [0.25, 0.3) is 0 Å². The number of likely N-dealkylation sites (tertiary alicyclic amines) is 1. The Morgan fingerprint density at radius 1 is 1.27 bits per heavy atom. The minimum Gasteiger partial charge on any atom is -0.469 e. The van der Waals surface area contributed by atoms with E-state index in [1.165, 1.54) is 29.7 Å². The van der Waals surface area contributed by atoms with E-state index in [9.17, 15) is 9.59 Å². The maximum absolute atomic E-state index is 12.7. The molecule has 2 aliphatic heterocycles. The first-order valence-electron chi connectivity index (χ1n) is 11.0. The maximum atomic E-state index is 12.7. The third kappa shape index (κ3) is 4.79. The number of piperidine rings is 1. The summed E-state index contributed by atoms with van der Waals surface area (Å²) in [5.41, 5.74) is 2.14. The molecule has 7 heteroatoms. The van der Waals surface area contributed by atoms with Crippen LogP contribution in [0.2, 0.25) is 0 Å². The van der Waals surface area contributed by atoms with Crippen molar-refractivity contribution in [2.24, 2.45) is 11.8 Å². The molecule has 3 aliphatic rings. The second-order valence-corrected chi connectivity index (χ2v) is 8.85. The standard InChI is InChI=1S/C23H36N2O5/c1-17(2)19-7-5-18(6-8-19)16-24-11-9-23(10-12-24)20(22(27)29-4)15-21(26)25(23)30-14-13-28-3/h5,19-20H,1,6-16H2,2-4H3/t19-,20-/m1/s1. The Kier molecular flexibility index (Phi) is 7.71. The molecule has 0 unspecified atom stereocenters. The summed E-state index contributed by atoms with van der Waals surface area (Å²) >= 11 is 0. The van der Waals surface area contributed by atoms with E-state index in [1.54, 1.807) is 7.11 Å². The van der Waals surface area contributed by atoms with Crippen molar-refractivity contribution in [3.63, 3.8) is 0 Å². The second kappa shape index (κ2) is 10.1. The van der Waals surface area contributed by atoms with Crippen molar-refractivity contribution in [1.82, 2.24) is 9.96 Å². The summed E-state index contributed by atoms with van der Waals surface area (Å²) in [6, 6.07) is 0. The number of methoxy groups -OCH3 is 2. The zero-order valence-corrected chi connectivity index (χ0v) is 18.7. The van der Waals surface area contributed by atoms with Gasteiger partial charge in [0.15, 0.2) is 0 Å². The molecule has 0 saturated carbocycles. The van der Waals surface area contributed by atoms with Gasteiger partial charge in [0.2, 0.25) is 5.91 Å². The number of esters is 1. The fourth-order valence-electron chi connectivity index (χ4n) is 5.11. The molecule has 1 spiro atoms. The number of nitrogens with zero attached hydrogens (tertiary/aromatic N) is 2. The summed E-state index contributed by atoms with van der Waals surface area (Å²) in [6.45, 7) is 9.52. The molecule has 2 atom stereocenters. The van der Waals surface area contributed by atoms with Gasteiger partial charge in [0.05, 0.1) is 31.8 Å². The second-order valence-electron chi connectivity index (χ2n) is 8.85. The normalized spacial score (nSPS) is 26.7. The minimum atomic E-state index is -0.625. The molecule has 0 aromatic rings. The largest absolute Gasteiger partial charge is 0.469 e. The highest BCUT2D eigenvalue weighted by Gasteiger charge is 2.58. The molecule has 2 saturated heterocycles. The SMILES string of the molecule is C=C(C)[C@@H]1CC=C(CN2CCC3(CC2)[C@@H](C(=O)OC)CC(=O)N3OCCOC)CC1. The van der Waals surface area contributed by atoms with Crippen LogP contribution in [0.3, 0.4) is 0 Å². The van der Waals surface area contributed by atoms with Crippen LogP contribution in [0.5, 0.6) is 0 Å². The fraction of sp³-hybridized carbons (Fsp3) is 0.739. The molecular weight excluding hydrogens is 384 g/mol. The van der Waals surface area contributed by atoms with Crippen molar-refractivity contribution in [2.45, 2.75) is 51.0 Å². The first-order valence-corrected chi connectivity index (χ1v) is 11.0. The van der Waals surface area contributed by atoms with Gasteiger partial charge < -0.3 is 9.47 Å². The van der Waals surface area contributed by atoms with Crippen LogP contribution in [0.25, 0.3) is 0 Å². The van der Waals surface area contributed by atoms with Gasteiger partial charge in [-0.1, -0.05) is 23.8 Å². The van der Waals surface area contributed by atoms with E-state index in [0.29, 0.717) is 32.0 Å². The zero-order chi connectivity index (χ0) is 21.7. The van der Waals surface area contributed by atoms with E-state index in [-0.39, 0.29) is 18.3 Å². The topological polar surface area (TPSA) is 68.3 Å². The molecule has 0 aromatic heterocycles. The van der Waals surface area contributed by atoms with Crippen LogP contribution in [-0.2, 0) is 23.9 Å². The summed E-state index contributed by atoms with van der Waals surface area (Å²) in [7, 11) is 2.98. The highest BCUT2D eigenvalue weighted by atomic mass is 16.7. The molecule has 0 N–H and O–H groups in total.